The van der Waals surface area contributed by atoms with Crippen molar-refractivity contribution in [3.63, 3.8) is 0 Å². The summed E-state index contributed by atoms with van der Waals surface area (Å²) in [4.78, 5) is 10.7. The number of hydrogen-bond donors (Lipinski definition) is 2. The van der Waals surface area contributed by atoms with Gasteiger partial charge in [0, 0.05) is 18.5 Å². The highest BCUT2D eigenvalue weighted by molar-refractivity contribution is 5.69. The normalized spacial score (nSPS) is 13.6. The Morgan fingerprint density at radius 3 is 2.65 bits per heavy atom. The summed E-state index contributed by atoms with van der Waals surface area (Å²) >= 11 is 0. The van der Waals surface area contributed by atoms with Crippen LogP contribution in [0.4, 0.5) is 0 Å². The molecule has 1 heterocycles. The van der Waals surface area contributed by atoms with E-state index in [1.54, 1.807) is 6.92 Å². The summed E-state index contributed by atoms with van der Waals surface area (Å²) in [7, 11) is 0. The lowest BCUT2D eigenvalue weighted by Gasteiger charge is -2.23. The van der Waals surface area contributed by atoms with E-state index >= 15 is 0 Å². The maximum absolute atomic E-state index is 10.7. The van der Waals surface area contributed by atoms with Gasteiger partial charge in [-0.05, 0) is 19.1 Å². The van der Waals surface area contributed by atoms with Crippen LogP contribution in [-0.4, -0.2) is 24.2 Å². The lowest BCUT2D eigenvalue weighted by atomic mass is 9.90. The van der Waals surface area contributed by atoms with Gasteiger partial charge in [0.25, 0.3) is 0 Å². The highest BCUT2D eigenvalue weighted by Crippen LogP contribution is 2.24. The molecule has 0 fully saturated rings. The van der Waals surface area contributed by atoms with Crippen LogP contribution in [-0.2, 0) is 10.2 Å². The summed E-state index contributed by atoms with van der Waals surface area (Å²) in [6.45, 7) is 8.92. The minimum atomic E-state index is -0.774. The standard InChI is InChI=1S/C13H21NO3/c1-9(12(15)16)7-14-8-13(3,4)11-6-5-10(2)17-11/h5-6,9,14H,7-8H2,1-4H3,(H,15,16). The van der Waals surface area contributed by atoms with Gasteiger partial charge in [0.2, 0.25) is 0 Å². The van der Waals surface area contributed by atoms with Crippen LogP contribution in [0.2, 0.25) is 0 Å². The molecule has 0 aliphatic rings. The predicted octanol–water partition coefficient (Wildman–Crippen LogP) is 2.18. The number of furan rings is 1. The Bertz CT molecular complexity index is 382. The molecule has 1 rings (SSSR count). The van der Waals surface area contributed by atoms with Crippen molar-refractivity contribution in [2.45, 2.75) is 33.1 Å². The van der Waals surface area contributed by atoms with Crippen LogP contribution in [0.3, 0.4) is 0 Å². The van der Waals surface area contributed by atoms with E-state index in [-0.39, 0.29) is 11.3 Å². The van der Waals surface area contributed by atoms with Gasteiger partial charge in [-0.1, -0.05) is 20.8 Å². The van der Waals surface area contributed by atoms with Gasteiger partial charge < -0.3 is 14.8 Å². The van der Waals surface area contributed by atoms with Crippen molar-refractivity contribution in [2.75, 3.05) is 13.1 Å². The molecule has 2 N–H and O–H groups in total. The Kier molecular flexibility index (Phi) is 4.34. The molecule has 1 unspecified atom stereocenters. The molecule has 0 aromatic carbocycles. The minimum Gasteiger partial charge on any atom is -0.481 e. The predicted molar refractivity (Wildman–Crippen MR) is 66.1 cm³/mol. The average Bonchev–Trinajstić information content (AvgIpc) is 2.65. The van der Waals surface area contributed by atoms with Crippen LogP contribution in [0.15, 0.2) is 16.5 Å². The van der Waals surface area contributed by atoms with E-state index in [0.29, 0.717) is 13.1 Å². The molecular weight excluding hydrogens is 218 g/mol. The Morgan fingerprint density at radius 1 is 1.53 bits per heavy atom. The molecule has 0 saturated heterocycles. The molecule has 1 atom stereocenters. The maximum atomic E-state index is 10.7. The number of aliphatic carboxylic acids is 1. The highest BCUT2D eigenvalue weighted by atomic mass is 16.4. The monoisotopic (exact) mass is 239 g/mol. The van der Waals surface area contributed by atoms with E-state index in [4.69, 9.17) is 9.52 Å². The molecular formula is C13H21NO3. The number of hydrogen-bond acceptors (Lipinski definition) is 3. The lowest BCUT2D eigenvalue weighted by Crippen LogP contribution is -2.36. The number of carboxylic acid groups (broad SMARTS) is 1. The Hall–Kier alpha value is -1.29. The smallest absolute Gasteiger partial charge is 0.307 e. The van der Waals surface area contributed by atoms with Crippen molar-refractivity contribution in [1.82, 2.24) is 5.32 Å². The molecule has 4 nitrogen and oxygen atoms in total. The molecule has 17 heavy (non-hydrogen) atoms. The fourth-order valence-corrected chi connectivity index (χ4v) is 1.57. The Balaban J connectivity index is 2.48. The molecule has 0 bridgehead atoms. The van der Waals surface area contributed by atoms with E-state index in [0.717, 1.165) is 11.5 Å². The molecule has 0 amide bonds. The zero-order chi connectivity index (χ0) is 13.1. The number of aryl methyl sites for hydroxylation is 1. The van der Waals surface area contributed by atoms with Gasteiger partial charge in [0.15, 0.2) is 0 Å². The van der Waals surface area contributed by atoms with Crippen LogP contribution < -0.4 is 5.32 Å². The summed E-state index contributed by atoms with van der Waals surface area (Å²) < 4.78 is 5.60. The lowest BCUT2D eigenvalue weighted by molar-refractivity contribution is -0.140. The first-order valence-electron chi connectivity index (χ1n) is 5.83. The largest absolute Gasteiger partial charge is 0.481 e. The van der Waals surface area contributed by atoms with Gasteiger partial charge in [0.1, 0.15) is 11.5 Å². The topological polar surface area (TPSA) is 62.5 Å². The van der Waals surface area contributed by atoms with E-state index in [9.17, 15) is 4.79 Å². The molecule has 1 aromatic heterocycles. The molecule has 1 aromatic rings. The summed E-state index contributed by atoms with van der Waals surface area (Å²) in [5.41, 5.74) is -0.132. The second-order valence-corrected chi connectivity index (χ2v) is 5.16. The minimum absolute atomic E-state index is 0.132. The molecule has 4 heteroatoms. The zero-order valence-corrected chi connectivity index (χ0v) is 10.9. The number of carbonyl (C=O) groups is 1. The average molecular weight is 239 g/mol. The van der Waals surface area contributed by atoms with Gasteiger partial charge in [0.05, 0.1) is 5.92 Å². The third kappa shape index (κ3) is 3.89. The van der Waals surface area contributed by atoms with Crippen LogP contribution in [0.25, 0.3) is 0 Å². The van der Waals surface area contributed by atoms with Crippen LogP contribution in [0.5, 0.6) is 0 Å². The van der Waals surface area contributed by atoms with E-state index in [1.807, 2.05) is 19.1 Å². The summed E-state index contributed by atoms with van der Waals surface area (Å²) in [6.07, 6.45) is 0. The summed E-state index contributed by atoms with van der Waals surface area (Å²) in [6, 6.07) is 3.91. The van der Waals surface area contributed by atoms with Gasteiger partial charge in [-0.25, -0.2) is 0 Å². The quantitative estimate of drug-likeness (QED) is 0.798. The first kappa shape index (κ1) is 13.8. The van der Waals surface area contributed by atoms with Crippen molar-refractivity contribution in [3.05, 3.63) is 23.7 Å². The van der Waals surface area contributed by atoms with Crippen molar-refractivity contribution in [2.24, 2.45) is 5.92 Å². The number of rotatable bonds is 6. The molecule has 0 saturated carbocycles. The van der Waals surface area contributed by atoms with Gasteiger partial charge in [-0.3, -0.25) is 4.79 Å². The van der Waals surface area contributed by atoms with Gasteiger partial charge in [-0.2, -0.15) is 0 Å². The Labute approximate surface area is 102 Å². The highest BCUT2D eigenvalue weighted by Gasteiger charge is 2.24. The van der Waals surface area contributed by atoms with Gasteiger partial charge >= 0.3 is 5.97 Å². The summed E-state index contributed by atoms with van der Waals surface area (Å²) in [5.74, 6) is 0.672. The molecule has 96 valence electrons. The fourth-order valence-electron chi connectivity index (χ4n) is 1.57. The van der Waals surface area contributed by atoms with Crippen LogP contribution >= 0.6 is 0 Å². The van der Waals surface area contributed by atoms with Crippen LogP contribution in [0.1, 0.15) is 32.3 Å². The first-order chi connectivity index (χ1) is 7.83. The Morgan fingerprint density at radius 2 is 2.18 bits per heavy atom. The fraction of sp³-hybridized carbons (Fsp3) is 0.615. The van der Waals surface area contributed by atoms with Crippen molar-refractivity contribution in [1.29, 1.82) is 0 Å². The molecule has 0 spiro atoms. The van der Waals surface area contributed by atoms with Crippen molar-refractivity contribution >= 4 is 5.97 Å². The van der Waals surface area contributed by atoms with Crippen LogP contribution in [0, 0.1) is 12.8 Å². The van der Waals surface area contributed by atoms with Crippen molar-refractivity contribution in [3.8, 4) is 0 Å². The molecule has 0 aliphatic carbocycles. The number of nitrogens with one attached hydrogen (secondary N) is 1. The summed E-state index contributed by atoms with van der Waals surface area (Å²) in [5, 5.41) is 11.9. The van der Waals surface area contributed by atoms with Gasteiger partial charge in [-0.15, -0.1) is 0 Å². The molecule has 0 aliphatic heterocycles. The van der Waals surface area contributed by atoms with E-state index in [1.165, 1.54) is 0 Å². The maximum Gasteiger partial charge on any atom is 0.307 e. The second kappa shape index (κ2) is 5.36. The second-order valence-electron chi connectivity index (χ2n) is 5.16. The van der Waals surface area contributed by atoms with E-state index in [2.05, 4.69) is 19.2 Å². The van der Waals surface area contributed by atoms with E-state index < -0.39 is 5.97 Å². The first-order valence-corrected chi connectivity index (χ1v) is 5.83. The zero-order valence-electron chi connectivity index (χ0n) is 10.9. The third-order valence-electron chi connectivity index (χ3n) is 2.85. The third-order valence-corrected chi connectivity index (χ3v) is 2.85. The molecule has 0 radical (unpaired) electrons. The SMILES string of the molecule is Cc1ccc(C(C)(C)CNCC(C)C(=O)O)o1. The van der Waals surface area contributed by atoms with Crippen molar-refractivity contribution < 1.29 is 14.3 Å². The number of carboxylic acids is 1.